The SMILES string of the molecule is CCCCCN1C=C[N]C1. The van der Waals surface area contributed by atoms with E-state index in [1.165, 1.54) is 25.8 Å². The molecule has 0 bridgehead atoms. The van der Waals surface area contributed by atoms with E-state index in [4.69, 9.17) is 0 Å². The molecule has 57 valence electrons. The zero-order valence-corrected chi connectivity index (χ0v) is 6.58. The molecule has 0 spiro atoms. The van der Waals surface area contributed by atoms with Gasteiger partial charge in [-0.2, -0.15) is 0 Å². The van der Waals surface area contributed by atoms with E-state index < -0.39 is 0 Å². The van der Waals surface area contributed by atoms with Crippen LogP contribution < -0.4 is 5.32 Å². The Morgan fingerprint density at radius 3 is 3.00 bits per heavy atom. The van der Waals surface area contributed by atoms with Crippen LogP contribution in [0.25, 0.3) is 0 Å². The highest BCUT2D eigenvalue weighted by atomic mass is 15.2. The van der Waals surface area contributed by atoms with E-state index in [-0.39, 0.29) is 0 Å². The van der Waals surface area contributed by atoms with E-state index in [0.717, 1.165) is 6.67 Å². The van der Waals surface area contributed by atoms with Gasteiger partial charge in [0, 0.05) is 18.9 Å². The molecule has 0 aliphatic carbocycles. The molecule has 2 heteroatoms. The summed E-state index contributed by atoms with van der Waals surface area (Å²) in [6.07, 6.45) is 7.89. The molecule has 2 nitrogen and oxygen atoms in total. The smallest absolute Gasteiger partial charge is 0.109 e. The summed E-state index contributed by atoms with van der Waals surface area (Å²) < 4.78 is 0. The van der Waals surface area contributed by atoms with Crippen LogP contribution in [0.4, 0.5) is 0 Å². The fourth-order valence-electron chi connectivity index (χ4n) is 1.05. The van der Waals surface area contributed by atoms with Crippen LogP contribution in [0, 0.1) is 0 Å². The van der Waals surface area contributed by atoms with Crippen LogP contribution in [0.3, 0.4) is 0 Å². The van der Waals surface area contributed by atoms with Crippen LogP contribution in [0.5, 0.6) is 0 Å². The van der Waals surface area contributed by atoms with Gasteiger partial charge in [0.15, 0.2) is 0 Å². The summed E-state index contributed by atoms with van der Waals surface area (Å²) in [5.41, 5.74) is 0. The lowest BCUT2D eigenvalue weighted by Crippen LogP contribution is -2.18. The lowest BCUT2D eigenvalue weighted by Gasteiger charge is -2.12. The second-order valence-electron chi connectivity index (χ2n) is 2.64. The van der Waals surface area contributed by atoms with E-state index in [0.29, 0.717) is 0 Å². The Morgan fingerprint density at radius 2 is 2.40 bits per heavy atom. The van der Waals surface area contributed by atoms with Crippen molar-refractivity contribution in [3.05, 3.63) is 12.4 Å². The predicted octanol–water partition coefficient (Wildman–Crippen LogP) is 1.53. The largest absolute Gasteiger partial charge is 0.357 e. The zero-order valence-electron chi connectivity index (χ0n) is 6.58. The summed E-state index contributed by atoms with van der Waals surface area (Å²) in [6.45, 7) is 4.28. The van der Waals surface area contributed by atoms with Crippen LogP contribution in [-0.4, -0.2) is 18.1 Å². The van der Waals surface area contributed by atoms with E-state index in [9.17, 15) is 0 Å². The molecule has 0 saturated heterocycles. The molecule has 0 aromatic rings. The monoisotopic (exact) mass is 139 g/mol. The minimum absolute atomic E-state index is 0.879. The van der Waals surface area contributed by atoms with Gasteiger partial charge in [0.1, 0.15) is 6.67 Å². The number of unbranched alkanes of at least 4 members (excludes halogenated alkanes) is 2. The summed E-state index contributed by atoms with van der Waals surface area (Å²) in [4.78, 5) is 2.25. The van der Waals surface area contributed by atoms with Gasteiger partial charge in [-0.25, -0.2) is 0 Å². The highest BCUT2D eigenvalue weighted by Gasteiger charge is 2.01. The molecule has 1 rings (SSSR count). The third kappa shape index (κ3) is 2.29. The number of nitrogens with zero attached hydrogens (tertiary/aromatic N) is 2. The van der Waals surface area contributed by atoms with Crippen LogP contribution in [0.1, 0.15) is 26.2 Å². The van der Waals surface area contributed by atoms with Gasteiger partial charge in [-0.1, -0.05) is 19.8 Å². The summed E-state index contributed by atoms with van der Waals surface area (Å²) in [7, 11) is 0. The highest BCUT2D eigenvalue weighted by Crippen LogP contribution is 2.01. The highest BCUT2D eigenvalue weighted by molar-refractivity contribution is 4.86. The molecule has 0 fully saturated rings. The minimum Gasteiger partial charge on any atom is -0.357 e. The first-order valence-electron chi connectivity index (χ1n) is 4.01. The van der Waals surface area contributed by atoms with Gasteiger partial charge in [0.25, 0.3) is 0 Å². The third-order valence-corrected chi connectivity index (χ3v) is 1.70. The Hall–Kier alpha value is -0.660. The fourth-order valence-corrected chi connectivity index (χ4v) is 1.05. The van der Waals surface area contributed by atoms with Crippen LogP contribution in [-0.2, 0) is 0 Å². The fraction of sp³-hybridized carbons (Fsp3) is 0.750. The first-order valence-corrected chi connectivity index (χ1v) is 4.01. The molecular weight excluding hydrogens is 124 g/mol. The molecule has 0 unspecified atom stereocenters. The van der Waals surface area contributed by atoms with Crippen molar-refractivity contribution in [2.24, 2.45) is 0 Å². The van der Waals surface area contributed by atoms with Crippen LogP contribution in [0.2, 0.25) is 0 Å². The number of rotatable bonds is 4. The van der Waals surface area contributed by atoms with Crippen molar-refractivity contribution >= 4 is 0 Å². The summed E-state index contributed by atoms with van der Waals surface area (Å²) in [5.74, 6) is 0. The molecule has 1 aliphatic rings. The summed E-state index contributed by atoms with van der Waals surface area (Å²) in [5, 5.41) is 4.09. The molecule has 0 aromatic heterocycles. The molecule has 0 N–H and O–H groups in total. The lowest BCUT2D eigenvalue weighted by molar-refractivity contribution is 0.376. The van der Waals surface area contributed by atoms with Crippen molar-refractivity contribution < 1.29 is 0 Å². The van der Waals surface area contributed by atoms with E-state index >= 15 is 0 Å². The van der Waals surface area contributed by atoms with Crippen molar-refractivity contribution in [1.82, 2.24) is 10.2 Å². The van der Waals surface area contributed by atoms with E-state index in [1.54, 1.807) is 0 Å². The minimum atomic E-state index is 0.879. The Balaban J connectivity index is 1.97. The first kappa shape index (κ1) is 7.45. The van der Waals surface area contributed by atoms with Gasteiger partial charge in [-0.3, -0.25) is 5.32 Å². The quantitative estimate of drug-likeness (QED) is 0.540. The number of hydrogen-bond donors (Lipinski definition) is 0. The molecule has 10 heavy (non-hydrogen) atoms. The maximum atomic E-state index is 4.09. The van der Waals surface area contributed by atoms with Crippen LogP contribution >= 0.6 is 0 Å². The van der Waals surface area contributed by atoms with E-state index in [1.807, 2.05) is 6.20 Å². The summed E-state index contributed by atoms with van der Waals surface area (Å²) >= 11 is 0. The Labute approximate surface area is 62.9 Å². The average molecular weight is 139 g/mol. The van der Waals surface area contributed by atoms with Gasteiger partial charge in [0.05, 0.1) is 0 Å². The Kier molecular flexibility index (Phi) is 3.13. The molecule has 0 amide bonds. The maximum Gasteiger partial charge on any atom is 0.109 e. The van der Waals surface area contributed by atoms with Gasteiger partial charge in [-0.05, 0) is 6.42 Å². The van der Waals surface area contributed by atoms with Gasteiger partial charge >= 0.3 is 0 Å². The standard InChI is InChI=1S/C8H15N2/c1-2-3-4-6-10-7-5-9-8-10/h5,7H,2-4,6,8H2,1H3. The summed E-state index contributed by atoms with van der Waals surface area (Å²) in [6, 6.07) is 0. The topological polar surface area (TPSA) is 17.3 Å². The van der Waals surface area contributed by atoms with Crippen LogP contribution in [0.15, 0.2) is 12.4 Å². The van der Waals surface area contributed by atoms with Crippen molar-refractivity contribution in [3.8, 4) is 0 Å². The van der Waals surface area contributed by atoms with Gasteiger partial charge in [-0.15, -0.1) is 0 Å². The van der Waals surface area contributed by atoms with Crippen molar-refractivity contribution in [1.29, 1.82) is 0 Å². The third-order valence-electron chi connectivity index (χ3n) is 1.70. The van der Waals surface area contributed by atoms with Crippen molar-refractivity contribution in [3.63, 3.8) is 0 Å². The maximum absolute atomic E-state index is 4.09. The molecule has 1 aliphatic heterocycles. The normalized spacial score (nSPS) is 15.9. The van der Waals surface area contributed by atoms with Crippen molar-refractivity contribution in [2.45, 2.75) is 26.2 Å². The lowest BCUT2D eigenvalue weighted by atomic mass is 10.2. The Morgan fingerprint density at radius 1 is 1.50 bits per heavy atom. The second kappa shape index (κ2) is 4.20. The molecule has 1 radical (unpaired) electrons. The number of hydrogen-bond acceptors (Lipinski definition) is 1. The van der Waals surface area contributed by atoms with Gasteiger partial charge < -0.3 is 4.90 Å². The van der Waals surface area contributed by atoms with E-state index in [2.05, 4.69) is 23.3 Å². The zero-order chi connectivity index (χ0) is 7.23. The van der Waals surface area contributed by atoms with Crippen molar-refractivity contribution in [2.75, 3.05) is 13.2 Å². The molecule has 0 saturated carbocycles. The van der Waals surface area contributed by atoms with Gasteiger partial charge in [0.2, 0.25) is 0 Å². The average Bonchev–Trinajstić information content (AvgIpc) is 2.41. The molecule has 0 aromatic carbocycles. The molecule has 1 heterocycles. The predicted molar refractivity (Wildman–Crippen MR) is 42.4 cm³/mol. The second-order valence-corrected chi connectivity index (χ2v) is 2.64. The Bertz CT molecular complexity index is 110. The molecule has 0 atom stereocenters. The molecular formula is C8H15N2. The first-order chi connectivity index (χ1) is 4.93.